The Labute approximate surface area is 119 Å². The maximum absolute atomic E-state index is 12.7. The summed E-state index contributed by atoms with van der Waals surface area (Å²) in [5.41, 5.74) is 0.698. The Balaban J connectivity index is 2.05. The number of anilines is 1. The number of hydrogen-bond acceptors (Lipinski definition) is 3. The van der Waals surface area contributed by atoms with Crippen molar-refractivity contribution in [2.24, 2.45) is 7.05 Å². The number of carboxylic acids is 1. The average molecular weight is 292 g/mol. The fraction of sp³-hybridized carbons (Fsp3) is 0.154. The topological polar surface area (TPSA) is 96.2 Å². The molecule has 0 saturated carbocycles. The molecule has 0 radical (unpaired) electrons. The van der Waals surface area contributed by atoms with Crippen molar-refractivity contribution in [1.29, 1.82) is 0 Å². The van der Waals surface area contributed by atoms with E-state index in [1.807, 2.05) is 0 Å². The van der Waals surface area contributed by atoms with Gasteiger partial charge in [0.25, 0.3) is 0 Å². The summed E-state index contributed by atoms with van der Waals surface area (Å²) >= 11 is 0. The molecule has 0 fully saturated rings. The first-order chi connectivity index (χ1) is 9.95. The van der Waals surface area contributed by atoms with E-state index in [1.54, 1.807) is 7.05 Å². The average Bonchev–Trinajstić information content (AvgIpc) is 2.85. The van der Waals surface area contributed by atoms with Crippen LogP contribution in [0.25, 0.3) is 0 Å². The Morgan fingerprint density at radius 3 is 2.52 bits per heavy atom. The number of urea groups is 1. The van der Waals surface area contributed by atoms with Crippen molar-refractivity contribution >= 4 is 17.7 Å². The summed E-state index contributed by atoms with van der Waals surface area (Å²) in [6.45, 7) is 0. The Morgan fingerprint density at radius 2 is 2.00 bits per heavy atom. The first kappa shape index (κ1) is 14.5. The van der Waals surface area contributed by atoms with Crippen LogP contribution in [0.15, 0.2) is 36.7 Å². The third-order valence-corrected chi connectivity index (χ3v) is 2.68. The number of carbonyl (C=O) groups excluding carboxylic acids is 1. The van der Waals surface area contributed by atoms with Gasteiger partial charge in [0.05, 0.1) is 6.20 Å². The van der Waals surface area contributed by atoms with Crippen LogP contribution < -0.4 is 10.6 Å². The zero-order valence-electron chi connectivity index (χ0n) is 11.1. The Kier molecular flexibility index (Phi) is 4.17. The van der Waals surface area contributed by atoms with Crippen LogP contribution in [0.5, 0.6) is 0 Å². The van der Waals surface area contributed by atoms with E-state index in [2.05, 4.69) is 15.7 Å². The molecular formula is C13H13FN4O3. The number of nitrogens with one attached hydrogen (secondary N) is 2. The van der Waals surface area contributed by atoms with E-state index in [4.69, 9.17) is 5.11 Å². The van der Waals surface area contributed by atoms with Gasteiger partial charge in [-0.3, -0.25) is 4.68 Å². The Bertz CT molecular complexity index is 654. The summed E-state index contributed by atoms with van der Waals surface area (Å²) in [6, 6.07) is 3.18. The zero-order valence-corrected chi connectivity index (χ0v) is 11.1. The monoisotopic (exact) mass is 292 g/mol. The van der Waals surface area contributed by atoms with Crippen LogP contribution in [0, 0.1) is 5.82 Å². The van der Waals surface area contributed by atoms with Gasteiger partial charge in [0.1, 0.15) is 5.82 Å². The van der Waals surface area contributed by atoms with E-state index in [9.17, 15) is 14.0 Å². The van der Waals surface area contributed by atoms with Gasteiger partial charge >= 0.3 is 12.0 Å². The largest absolute Gasteiger partial charge is 0.479 e. The smallest absolute Gasteiger partial charge is 0.331 e. The van der Waals surface area contributed by atoms with Gasteiger partial charge in [0.15, 0.2) is 6.04 Å². The molecule has 0 aliphatic carbocycles. The van der Waals surface area contributed by atoms with Crippen LogP contribution in [-0.4, -0.2) is 26.9 Å². The highest BCUT2D eigenvalue weighted by Gasteiger charge is 2.23. The van der Waals surface area contributed by atoms with Gasteiger partial charge in [-0.1, -0.05) is 0 Å². The summed E-state index contributed by atoms with van der Waals surface area (Å²) in [5.74, 6) is -1.64. The van der Waals surface area contributed by atoms with E-state index in [1.165, 1.54) is 41.3 Å². The SMILES string of the molecule is Cn1cc(C(NC(=O)Nc2ccc(F)cc2)C(=O)O)cn1. The van der Waals surface area contributed by atoms with Crippen molar-refractivity contribution in [3.63, 3.8) is 0 Å². The van der Waals surface area contributed by atoms with Gasteiger partial charge in [-0.25, -0.2) is 14.0 Å². The lowest BCUT2D eigenvalue weighted by Gasteiger charge is -2.13. The quantitative estimate of drug-likeness (QED) is 0.795. The van der Waals surface area contributed by atoms with E-state index < -0.39 is 23.9 Å². The summed E-state index contributed by atoms with van der Waals surface area (Å²) in [5, 5.41) is 17.8. The summed E-state index contributed by atoms with van der Waals surface area (Å²) < 4.78 is 14.2. The standard InChI is InChI=1S/C13H13FN4O3/c1-18-7-8(6-15-18)11(12(19)20)17-13(21)16-10-4-2-9(14)3-5-10/h2-7,11H,1H3,(H,19,20)(H2,16,17,21). The van der Waals surface area contributed by atoms with Crippen molar-refractivity contribution in [3.05, 3.63) is 48.0 Å². The lowest BCUT2D eigenvalue weighted by atomic mass is 10.1. The second kappa shape index (κ2) is 6.04. The first-order valence-corrected chi connectivity index (χ1v) is 6.00. The van der Waals surface area contributed by atoms with Gasteiger partial charge < -0.3 is 15.7 Å². The number of amides is 2. The molecule has 0 aliphatic rings. The minimum Gasteiger partial charge on any atom is -0.479 e. The highest BCUT2D eigenvalue weighted by molar-refractivity contribution is 5.92. The van der Waals surface area contributed by atoms with Crippen molar-refractivity contribution in [2.45, 2.75) is 6.04 Å². The molecule has 0 spiro atoms. The maximum Gasteiger partial charge on any atom is 0.331 e. The first-order valence-electron chi connectivity index (χ1n) is 6.00. The molecule has 2 rings (SSSR count). The van der Waals surface area contributed by atoms with Crippen LogP contribution in [0.3, 0.4) is 0 Å². The molecule has 0 saturated heterocycles. The molecule has 7 nitrogen and oxygen atoms in total. The van der Waals surface area contributed by atoms with Crippen molar-refractivity contribution in [3.8, 4) is 0 Å². The van der Waals surface area contributed by atoms with Gasteiger partial charge in [-0.05, 0) is 24.3 Å². The van der Waals surface area contributed by atoms with E-state index in [-0.39, 0.29) is 0 Å². The Morgan fingerprint density at radius 1 is 1.33 bits per heavy atom. The van der Waals surface area contributed by atoms with Crippen molar-refractivity contribution < 1.29 is 19.1 Å². The molecule has 110 valence electrons. The van der Waals surface area contributed by atoms with Crippen LogP contribution in [0.4, 0.5) is 14.9 Å². The number of nitrogens with zero attached hydrogens (tertiary/aromatic N) is 2. The molecule has 0 aliphatic heterocycles. The molecule has 1 heterocycles. The van der Waals surface area contributed by atoms with E-state index in [0.717, 1.165) is 0 Å². The normalized spacial score (nSPS) is 11.7. The second-order valence-corrected chi connectivity index (χ2v) is 4.32. The Hall–Kier alpha value is -2.90. The number of aryl methyl sites for hydroxylation is 1. The van der Waals surface area contributed by atoms with Gasteiger partial charge in [0.2, 0.25) is 0 Å². The fourth-order valence-electron chi connectivity index (χ4n) is 1.71. The number of carbonyl (C=O) groups is 2. The third kappa shape index (κ3) is 3.78. The number of benzene rings is 1. The fourth-order valence-corrected chi connectivity index (χ4v) is 1.71. The molecular weight excluding hydrogens is 279 g/mol. The van der Waals surface area contributed by atoms with Crippen molar-refractivity contribution in [2.75, 3.05) is 5.32 Å². The minimum absolute atomic E-state index is 0.347. The predicted molar refractivity (Wildman–Crippen MR) is 72.1 cm³/mol. The zero-order chi connectivity index (χ0) is 15.4. The number of aliphatic carboxylic acids is 1. The number of halogens is 1. The molecule has 1 atom stereocenters. The number of aromatic nitrogens is 2. The molecule has 8 heteroatoms. The third-order valence-electron chi connectivity index (χ3n) is 2.68. The van der Waals surface area contributed by atoms with Gasteiger partial charge in [-0.15, -0.1) is 0 Å². The van der Waals surface area contributed by atoms with Gasteiger partial charge in [-0.2, -0.15) is 5.10 Å². The van der Waals surface area contributed by atoms with Crippen LogP contribution in [0.1, 0.15) is 11.6 Å². The summed E-state index contributed by atoms with van der Waals surface area (Å²) in [4.78, 5) is 23.0. The lowest BCUT2D eigenvalue weighted by Crippen LogP contribution is -2.36. The van der Waals surface area contributed by atoms with E-state index in [0.29, 0.717) is 11.3 Å². The molecule has 2 amide bonds. The minimum atomic E-state index is -1.22. The maximum atomic E-state index is 12.7. The molecule has 1 unspecified atom stereocenters. The summed E-state index contributed by atoms with van der Waals surface area (Å²) in [7, 11) is 1.64. The van der Waals surface area contributed by atoms with Gasteiger partial charge in [0, 0.05) is 24.5 Å². The van der Waals surface area contributed by atoms with Crippen LogP contribution in [0.2, 0.25) is 0 Å². The number of carboxylic acid groups (broad SMARTS) is 1. The second-order valence-electron chi connectivity index (χ2n) is 4.32. The highest BCUT2D eigenvalue weighted by atomic mass is 19.1. The summed E-state index contributed by atoms with van der Waals surface area (Å²) in [6.07, 6.45) is 2.86. The predicted octanol–water partition coefficient (Wildman–Crippen LogP) is 1.51. The lowest BCUT2D eigenvalue weighted by molar-refractivity contribution is -0.139. The van der Waals surface area contributed by atoms with Crippen LogP contribution in [-0.2, 0) is 11.8 Å². The van der Waals surface area contributed by atoms with E-state index >= 15 is 0 Å². The highest BCUT2D eigenvalue weighted by Crippen LogP contribution is 2.13. The number of hydrogen-bond donors (Lipinski definition) is 3. The molecule has 1 aromatic heterocycles. The van der Waals surface area contributed by atoms with Crippen LogP contribution >= 0.6 is 0 Å². The number of rotatable bonds is 4. The molecule has 0 bridgehead atoms. The molecule has 2 aromatic rings. The molecule has 3 N–H and O–H groups in total. The molecule has 1 aromatic carbocycles. The van der Waals surface area contributed by atoms with Crippen molar-refractivity contribution in [1.82, 2.24) is 15.1 Å². The molecule has 21 heavy (non-hydrogen) atoms.